The fourth-order valence-corrected chi connectivity index (χ4v) is 2.55. The van der Waals surface area contributed by atoms with Gasteiger partial charge in [-0.2, -0.15) is 0 Å². The zero-order valence-electron chi connectivity index (χ0n) is 10.5. The third-order valence-corrected chi connectivity index (χ3v) is 3.62. The van der Waals surface area contributed by atoms with Crippen molar-refractivity contribution in [2.24, 2.45) is 0 Å². The molecule has 0 spiro atoms. The largest absolute Gasteiger partial charge is 0.381 e. The van der Waals surface area contributed by atoms with Crippen LogP contribution in [0.4, 0.5) is 0 Å². The monoisotopic (exact) mass is 237 g/mol. The van der Waals surface area contributed by atoms with Crippen LogP contribution < -0.4 is 5.32 Å². The summed E-state index contributed by atoms with van der Waals surface area (Å²) in [6.07, 6.45) is 10.9. The average molecular weight is 237 g/mol. The quantitative estimate of drug-likeness (QED) is 0.801. The molecule has 0 saturated carbocycles. The van der Waals surface area contributed by atoms with Crippen molar-refractivity contribution in [2.45, 2.75) is 57.4 Å². The highest BCUT2D eigenvalue weighted by atomic mass is 16.5. The third-order valence-electron chi connectivity index (χ3n) is 3.62. The topological polar surface area (TPSA) is 38.3 Å². The third kappa shape index (κ3) is 4.15. The van der Waals surface area contributed by atoms with E-state index < -0.39 is 0 Å². The van der Waals surface area contributed by atoms with Gasteiger partial charge in [0.1, 0.15) is 0 Å². The van der Waals surface area contributed by atoms with E-state index in [1.807, 2.05) is 0 Å². The molecule has 3 heteroatoms. The van der Waals surface area contributed by atoms with E-state index in [1.54, 1.807) is 0 Å². The first kappa shape index (κ1) is 12.6. The molecule has 0 aromatic heterocycles. The number of rotatable bonds is 2. The second-order valence-electron chi connectivity index (χ2n) is 5.04. The van der Waals surface area contributed by atoms with Crippen molar-refractivity contribution in [1.82, 2.24) is 5.32 Å². The molecule has 2 aliphatic rings. The van der Waals surface area contributed by atoms with Crippen molar-refractivity contribution < 1.29 is 9.53 Å². The molecule has 1 aliphatic carbocycles. The van der Waals surface area contributed by atoms with E-state index in [-0.39, 0.29) is 5.91 Å². The van der Waals surface area contributed by atoms with Gasteiger partial charge in [0.25, 0.3) is 0 Å². The maximum absolute atomic E-state index is 12.1. The molecule has 0 bridgehead atoms. The Morgan fingerprint density at radius 3 is 3.06 bits per heavy atom. The highest BCUT2D eigenvalue weighted by molar-refractivity contribution is 5.93. The smallest absolute Gasteiger partial charge is 0.247 e. The summed E-state index contributed by atoms with van der Waals surface area (Å²) in [6.45, 7) is 1.62. The van der Waals surface area contributed by atoms with Crippen LogP contribution in [0.1, 0.15) is 51.4 Å². The van der Waals surface area contributed by atoms with Gasteiger partial charge in [0.15, 0.2) is 0 Å². The van der Waals surface area contributed by atoms with Crippen LogP contribution in [0.25, 0.3) is 0 Å². The number of amides is 1. The van der Waals surface area contributed by atoms with Gasteiger partial charge in [-0.25, -0.2) is 0 Å². The lowest BCUT2D eigenvalue weighted by Crippen LogP contribution is -2.35. The normalized spacial score (nSPS) is 26.6. The van der Waals surface area contributed by atoms with Crippen molar-refractivity contribution >= 4 is 5.91 Å². The lowest BCUT2D eigenvalue weighted by atomic mass is 10.1. The van der Waals surface area contributed by atoms with Crippen LogP contribution in [0.2, 0.25) is 0 Å². The number of ether oxygens (including phenoxy) is 1. The number of carbonyl (C=O) groups is 1. The fourth-order valence-electron chi connectivity index (χ4n) is 2.55. The maximum atomic E-state index is 12.1. The minimum Gasteiger partial charge on any atom is -0.381 e. The Labute approximate surface area is 104 Å². The van der Waals surface area contributed by atoms with Gasteiger partial charge in [0.05, 0.1) is 0 Å². The summed E-state index contributed by atoms with van der Waals surface area (Å²) in [4.78, 5) is 12.1. The summed E-state index contributed by atoms with van der Waals surface area (Å²) in [7, 11) is 0. The lowest BCUT2D eigenvalue weighted by molar-refractivity contribution is -0.118. The summed E-state index contributed by atoms with van der Waals surface area (Å²) in [6, 6.07) is 0.314. The maximum Gasteiger partial charge on any atom is 0.247 e. The van der Waals surface area contributed by atoms with Crippen molar-refractivity contribution in [3.05, 3.63) is 11.6 Å². The van der Waals surface area contributed by atoms with Crippen molar-refractivity contribution in [2.75, 3.05) is 13.2 Å². The predicted molar refractivity (Wildman–Crippen MR) is 67.8 cm³/mol. The van der Waals surface area contributed by atoms with Gasteiger partial charge >= 0.3 is 0 Å². The Bertz CT molecular complexity index is 278. The molecule has 1 unspecified atom stereocenters. The van der Waals surface area contributed by atoms with Crippen LogP contribution in [0.15, 0.2) is 11.6 Å². The first-order valence-corrected chi connectivity index (χ1v) is 6.94. The highest BCUT2D eigenvalue weighted by Gasteiger charge is 2.17. The molecule has 96 valence electrons. The number of hydrogen-bond acceptors (Lipinski definition) is 2. The van der Waals surface area contributed by atoms with Crippen LogP contribution in [0, 0.1) is 0 Å². The number of allylic oxidation sites excluding steroid dienone is 1. The molecule has 2 rings (SSSR count). The molecule has 1 aliphatic heterocycles. The molecule has 1 N–H and O–H groups in total. The molecule has 0 radical (unpaired) electrons. The Morgan fingerprint density at radius 1 is 1.18 bits per heavy atom. The van der Waals surface area contributed by atoms with Crippen molar-refractivity contribution in [3.8, 4) is 0 Å². The Kier molecular flexibility index (Phi) is 5.05. The first-order valence-electron chi connectivity index (χ1n) is 6.94. The zero-order chi connectivity index (χ0) is 11.9. The van der Waals surface area contributed by atoms with E-state index in [1.165, 1.54) is 12.8 Å². The number of carbonyl (C=O) groups excluding carboxylic acids is 1. The molecule has 0 aromatic rings. The molecular weight excluding hydrogens is 214 g/mol. The van der Waals surface area contributed by atoms with E-state index in [2.05, 4.69) is 11.4 Å². The van der Waals surface area contributed by atoms with Crippen LogP contribution >= 0.6 is 0 Å². The molecule has 1 fully saturated rings. The van der Waals surface area contributed by atoms with Crippen LogP contribution in [0.5, 0.6) is 0 Å². The van der Waals surface area contributed by atoms with Gasteiger partial charge in [-0.3, -0.25) is 4.79 Å². The molecule has 1 heterocycles. The molecule has 3 nitrogen and oxygen atoms in total. The Morgan fingerprint density at radius 2 is 2.12 bits per heavy atom. The minimum absolute atomic E-state index is 0.166. The van der Waals surface area contributed by atoms with Crippen molar-refractivity contribution in [3.63, 3.8) is 0 Å². The summed E-state index contributed by atoms with van der Waals surface area (Å²) < 4.78 is 5.41. The van der Waals surface area contributed by atoms with Gasteiger partial charge in [0, 0.05) is 24.8 Å². The van der Waals surface area contributed by atoms with Gasteiger partial charge in [-0.1, -0.05) is 12.5 Å². The molecule has 17 heavy (non-hydrogen) atoms. The Balaban J connectivity index is 1.84. The van der Waals surface area contributed by atoms with E-state index in [9.17, 15) is 4.79 Å². The van der Waals surface area contributed by atoms with Crippen LogP contribution in [0.3, 0.4) is 0 Å². The van der Waals surface area contributed by atoms with Crippen LogP contribution in [-0.4, -0.2) is 25.2 Å². The fraction of sp³-hybridized carbons (Fsp3) is 0.786. The summed E-state index contributed by atoms with van der Waals surface area (Å²) in [5, 5.41) is 3.17. The lowest BCUT2D eigenvalue weighted by Gasteiger charge is -2.16. The summed E-state index contributed by atoms with van der Waals surface area (Å²) in [5.41, 5.74) is 1.01. The van der Waals surface area contributed by atoms with Gasteiger partial charge in [-0.15, -0.1) is 0 Å². The average Bonchev–Trinajstić information content (AvgIpc) is 2.72. The van der Waals surface area contributed by atoms with Gasteiger partial charge < -0.3 is 10.1 Å². The van der Waals surface area contributed by atoms with E-state index >= 15 is 0 Å². The molecule has 1 atom stereocenters. The molecular formula is C14H23NO2. The van der Waals surface area contributed by atoms with Gasteiger partial charge in [0.2, 0.25) is 5.91 Å². The van der Waals surface area contributed by atoms with Crippen LogP contribution in [-0.2, 0) is 9.53 Å². The highest BCUT2D eigenvalue weighted by Crippen LogP contribution is 2.18. The van der Waals surface area contributed by atoms with Crippen molar-refractivity contribution in [1.29, 1.82) is 0 Å². The second-order valence-corrected chi connectivity index (χ2v) is 5.04. The number of nitrogens with one attached hydrogen (secondary N) is 1. The predicted octanol–water partition coefficient (Wildman–Crippen LogP) is 2.56. The SMILES string of the molecule is O=C(NC1CCCOCC1)C1=CCCCCC1. The van der Waals surface area contributed by atoms with E-state index in [0.717, 1.165) is 57.3 Å². The molecule has 1 amide bonds. The summed E-state index contributed by atoms with van der Waals surface area (Å²) >= 11 is 0. The van der Waals surface area contributed by atoms with E-state index in [0.29, 0.717) is 6.04 Å². The Hall–Kier alpha value is -0.830. The van der Waals surface area contributed by atoms with E-state index in [4.69, 9.17) is 4.74 Å². The zero-order valence-corrected chi connectivity index (χ0v) is 10.5. The molecule has 0 aromatic carbocycles. The van der Waals surface area contributed by atoms with Gasteiger partial charge in [-0.05, 0) is 44.9 Å². The number of hydrogen-bond donors (Lipinski definition) is 1. The minimum atomic E-state index is 0.166. The summed E-state index contributed by atoms with van der Waals surface area (Å²) in [5.74, 6) is 0.166. The standard InChI is InChI=1S/C14H23NO2/c16-14(12-6-3-1-2-4-7-12)15-13-8-5-10-17-11-9-13/h6,13H,1-5,7-11H2,(H,15,16). The molecule has 1 saturated heterocycles. The first-order chi connectivity index (χ1) is 8.36. The second kappa shape index (κ2) is 6.80.